The number of aryl methyl sites for hydroxylation is 1. The van der Waals surface area contributed by atoms with Gasteiger partial charge in [0, 0.05) is 26.2 Å². The molecule has 0 atom stereocenters. The lowest BCUT2D eigenvalue weighted by molar-refractivity contribution is 0.311. The van der Waals surface area contributed by atoms with E-state index in [1.807, 2.05) is 6.92 Å². The summed E-state index contributed by atoms with van der Waals surface area (Å²) >= 11 is 0. The molecular weight excluding hydrogens is 194 g/mol. The molecule has 0 unspecified atom stereocenters. The zero-order valence-corrected chi connectivity index (χ0v) is 9.03. The number of hydrogen-bond acceptors (Lipinski definition) is 5. The van der Waals surface area contributed by atoms with Gasteiger partial charge in [-0.05, 0) is 14.0 Å². The van der Waals surface area contributed by atoms with E-state index < -0.39 is 0 Å². The van der Waals surface area contributed by atoms with Crippen LogP contribution in [0, 0.1) is 6.92 Å². The fourth-order valence-electron chi connectivity index (χ4n) is 1.70. The molecule has 1 N–H and O–H groups in total. The molecule has 1 aliphatic rings. The third-order valence-corrected chi connectivity index (χ3v) is 2.65. The first-order valence-electron chi connectivity index (χ1n) is 5.03. The van der Waals surface area contributed by atoms with Crippen LogP contribution in [-0.2, 0) is 0 Å². The Morgan fingerprint density at radius 1 is 1.27 bits per heavy atom. The number of nitrogens with zero attached hydrogens (tertiary/aromatic N) is 4. The Kier molecular flexibility index (Phi) is 2.68. The number of hydrogen-bond donors (Lipinski definition) is 1. The maximum absolute atomic E-state index is 11.1. The molecule has 1 aromatic rings. The van der Waals surface area contributed by atoms with Gasteiger partial charge in [-0.15, -0.1) is 0 Å². The molecule has 1 aromatic heterocycles. The quantitative estimate of drug-likeness (QED) is 0.657. The van der Waals surface area contributed by atoms with Gasteiger partial charge >= 0.3 is 5.69 Å². The number of piperazine rings is 1. The van der Waals surface area contributed by atoms with Crippen molar-refractivity contribution >= 4 is 5.82 Å². The van der Waals surface area contributed by atoms with Gasteiger partial charge in [-0.2, -0.15) is 10.1 Å². The van der Waals surface area contributed by atoms with Gasteiger partial charge in [-0.3, -0.25) is 0 Å². The van der Waals surface area contributed by atoms with Crippen molar-refractivity contribution < 1.29 is 0 Å². The average molecular weight is 209 g/mol. The van der Waals surface area contributed by atoms with E-state index in [1.54, 1.807) is 0 Å². The molecular formula is C9H15N5O. The van der Waals surface area contributed by atoms with Crippen LogP contribution in [0.2, 0.25) is 0 Å². The van der Waals surface area contributed by atoms with Gasteiger partial charge in [-0.1, -0.05) is 0 Å². The van der Waals surface area contributed by atoms with Crippen LogP contribution in [0.4, 0.5) is 5.82 Å². The van der Waals surface area contributed by atoms with Gasteiger partial charge in [0.2, 0.25) is 0 Å². The molecule has 1 aliphatic heterocycles. The Bertz CT molecular complexity index is 394. The first kappa shape index (κ1) is 10.1. The fraction of sp³-hybridized carbons (Fsp3) is 0.667. The second kappa shape index (κ2) is 3.98. The van der Waals surface area contributed by atoms with Gasteiger partial charge in [0.25, 0.3) is 0 Å². The smallest absolute Gasteiger partial charge is 0.352 e. The van der Waals surface area contributed by atoms with E-state index in [0.29, 0.717) is 5.82 Å². The van der Waals surface area contributed by atoms with Crippen molar-refractivity contribution in [3.63, 3.8) is 0 Å². The zero-order valence-electron chi connectivity index (χ0n) is 9.03. The second-order valence-electron chi connectivity index (χ2n) is 3.84. The summed E-state index contributed by atoms with van der Waals surface area (Å²) in [5.41, 5.74) is 0.397. The molecule has 1 fully saturated rings. The van der Waals surface area contributed by atoms with Crippen LogP contribution >= 0.6 is 0 Å². The molecule has 15 heavy (non-hydrogen) atoms. The zero-order chi connectivity index (χ0) is 10.8. The third kappa shape index (κ3) is 2.15. The fourth-order valence-corrected chi connectivity index (χ4v) is 1.70. The minimum absolute atomic E-state index is 0.380. The SMILES string of the molecule is Cc1n[nH]c(=O)nc1N1CCN(C)CC1. The molecule has 0 saturated carbocycles. The van der Waals surface area contributed by atoms with Crippen LogP contribution in [0.25, 0.3) is 0 Å². The van der Waals surface area contributed by atoms with E-state index in [1.165, 1.54) is 0 Å². The molecule has 2 rings (SSSR count). The normalized spacial score (nSPS) is 18.1. The van der Waals surface area contributed by atoms with Crippen molar-refractivity contribution in [1.29, 1.82) is 0 Å². The maximum atomic E-state index is 11.1. The van der Waals surface area contributed by atoms with Gasteiger partial charge < -0.3 is 9.80 Å². The van der Waals surface area contributed by atoms with E-state index in [4.69, 9.17) is 0 Å². The Morgan fingerprint density at radius 2 is 1.93 bits per heavy atom. The lowest BCUT2D eigenvalue weighted by Gasteiger charge is -2.33. The predicted molar refractivity (Wildman–Crippen MR) is 57.1 cm³/mol. The van der Waals surface area contributed by atoms with Crippen LogP contribution in [0.1, 0.15) is 5.69 Å². The number of anilines is 1. The first-order valence-corrected chi connectivity index (χ1v) is 5.03. The highest BCUT2D eigenvalue weighted by Gasteiger charge is 2.17. The molecule has 0 aromatic carbocycles. The van der Waals surface area contributed by atoms with Crippen LogP contribution in [0.3, 0.4) is 0 Å². The number of aromatic amines is 1. The molecule has 2 heterocycles. The maximum Gasteiger partial charge on any atom is 0.363 e. The molecule has 1 saturated heterocycles. The molecule has 6 nitrogen and oxygen atoms in total. The van der Waals surface area contributed by atoms with Crippen molar-refractivity contribution in [3.05, 3.63) is 16.2 Å². The summed E-state index contributed by atoms with van der Waals surface area (Å²) in [6.45, 7) is 5.64. The summed E-state index contributed by atoms with van der Waals surface area (Å²) in [6.07, 6.45) is 0. The molecule has 0 amide bonds. The van der Waals surface area contributed by atoms with Gasteiger partial charge in [-0.25, -0.2) is 9.89 Å². The minimum Gasteiger partial charge on any atom is -0.352 e. The standard InChI is InChI=1S/C9H15N5O/c1-7-8(10-9(15)12-11-7)14-5-3-13(2)4-6-14/h3-6H2,1-2H3,(H,10,12,15). The molecule has 6 heteroatoms. The van der Waals surface area contributed by atoms with E-state index in [2.05, 4.69) is 32.0 Å². The number of likely N-dealkylation sites (N-methyl/N-ethyl adjacent to an activating group) is 1. The molecule has 0 spiro atoms. The summed E-state index contributed by atoms with van der Waals surface area (Å²) < 4.78 is 0. The topological polar surface area (TPSA) is 65.1 Å². The van der Waals surface area contributed by atoms with Crippen molar-refractivity contribution in [2.24, 2.45) is 0 Å². The number of rotatable bonds is 1. The van der Waals surface area contributed by atoms with Gasteiger partial charge in [0.05, 0.1) is 0 Å². The van der Waals surface area contributed by atoms with Crippen LogP contribution in [0.15, 0.2) is 4.79 Å². The molecule has 0 bridgehead atoms. The average Bonchev–Trinajstić information content (AvgIpc) is 2.23. The van der Waals surface area contributed by atoms with Crippen molar-refractivity contribution in [3.8, 4) is 0 Å². The Hall–Kier alpha value is -1.43. The Labute approximate surface area is 87.9 Å². The Balaban J connectivity index is 2.22. The first-order chi connectivity index (χ1) is 7.16. The van der Waals surface area contributed by atoms with Crippen LogP contribution in [-0.4, -0.2) is 53.3 Å². The van der Waals surface area contributed by atoms with E-state index in [0.717, 1.165) is 31.9 Å². The lowest BCUT2D eigenvalue weighted by Crippen LogP contribution is -2.45. The summed E-state index contributed by atoms with van der Waals surface area (Å²) in [5.74, 6) is 0.715. The van der Waals surface area contributed by atoms with Crippen LogP contribution in [0.5, 0.6) is 0 Å². The highest BCUT2D eigenvalue weighted by Crippen LogP contribution is 2.13. The highest BCUT2D eigenvalue weighted by atomic mass is 16.1. The molecule has 82 valence electrons. The van der Waals surface area contributed by atoms with E-state index in [9.17, 15) is 4.79 Å². The van der Waals surface area contributed by atoms with Gasteiger partial charge in [0.15, 0.2) is 5.82 Å². The monoisotopic (exact) mass is 209 g/mol. The summed E-state index contributed by atoms with van der Waals surface area (Å²) in [6, 6.07) is 0. The number of H-pyrrole nitrogens is 1. The van der Waals surface area contributed by atoms with E-state index >= 15 is 0 Å². The predicted octanol–water partition coefficient (Wildman–Crippen LogP) is -0.775. The third-order valence-electron chi connectivity index (χ3n) is 2.65. The largest absolute Gasteiger partial charge is 0.363 e. The summed E-state index contributed by atoms with van der Waals surface area (Å²) in [5, 5.41) is 6.25. The summed E-state index contributed by atoms with van der Waals surface area (Å²) in [4.78, 5) is 19.4. The Morgan fingerprint density at radius 3 is 2.60 bits per heavy atom. The second-order valence-corrected chi connectivity index (χ2v) is 3.84. The summed E-state index contributed by atoms with van der Waals surface area (Å²) in [7, 11) is 2.09. The van der Waals surface area contributed by atoms with Crippen LogP contribution < -0.4 is 10.6 Å². The van der Waals surface area contributed by atoms with Gasteiger partial charge in [0.1, 0.15) is 5.69 Å². The van der Waals surface area contributed by atoms with E-state index in [-0.39, 0.29) is 5.69 Å². The highest BCUT2D eigenvalue weighted by molar-refractivity contribution is 5.41. The number of aromatic nitrogens is 3. The van der Waals surface area contributed by atoms with Crippen molar-refractivity contribution in [1.82, 2.24) is 20.1 Å². The minimum atomic E-state index is -0.380. The van der Waals surface area contributed by atoms with Crippen molar-refractivity contribution in [2.45, 2.75) is 6.92 Å². The molecule has 0 aliphatic carbocycles. The number of nitrogens with one attached hydrogen (secondary N) is 1. The molecule has 0 radical (unpaired) electrons. The van der Waals surface area contributed by atoms with Crippen molar-refractivity contribution in [2.75, 3.05) is 38.1 Å². The lowest BCUT2D eigenvalue weighted by atomic mass is 10.3.